The minimum atomic E-state index is -0.450. The topological polar surface area (TPSA) is 95.5 Å². The highest BCUT2D eigenvalue weighted by molar-refractivity contribution is 6.05. The molecule has 0 heterocycles. The highest BCUT2D eigenvalue weighted by Crippen LogP contribution is 2.33. The zero-order chi connectivity index (χ0) is 19.8. The number of hydrogen-bond donors (Lipinski definition) is 3. The van der Waals surface area contributed by atoms with Crippen LogP contribution in [0, 0.1) is 17.1 Å². The lowest BCUT2D eigenvalue weighted by molar-refractivity contribution is 0.369. The number of nitrogens with two attached hydrogens (primary N) is 1. The monoisotopic (exact) mass is 375 g/mol. The van der Waals surface area contributed by atoms with Crippen LogP contribution in [0.4, 0.5) is 10.1 Å². The summed E-state index contributed by atoms with van der Waals surface area (Å²) in [5.74, 6) is 5.89. The Morgan fingerprint density at radius 2 is 1.68 bits per heavy atom. The van der Waals surface area contributed by atoms with Gasteiger partial charge in [0.05, 0.1) is 0 Å². The maximum absolute atomic E-state index is 14.1. The Morgan fingerprint density at radius 1 is 1.00 bits per heavy atom. The molecule has 0 radical (unpaired) electrons. The van der Waals surface area contributed by atoms with Gasteiger partial charge in [0.2, 0.25) is 0 Å². The van der Waals surface area contributed by atoms with Gasteiger partial charge in [0.1, 0.15) is 29.2 Å². The quantitative estimate of drug-likeness (QED) is 0.265. The van der Waals surface area contributed by atoms with Gasteiger partial charge in [0, 0.05) is 11.1 Å². The fraction of sp³-hybridized carbons (Fsp3) is 0.0476. The highest BCUT2D eigenvalue weighted by Gasteiger charge is 2.15. The summed E-state index contributed by atoms with van der Waals surface area (Å²) in [4.78, 5) is 4.39. The molecule has 7 heteroatoms. The van der Waals surface area contributed by atoms with Crippen molar-refractivity contribution in [3.63, 3.8) is 0 Å². The van der Waals surface area contributed by atoms with E-state index in [1.54, 1.807) is 24.3 Å². The van der Waals surface area contributed by atoms with Gasteiger partial charge in [0.15, 0.2) is 6.61 Å². The summed E-state index contributed by atoms with van der Waals surface area (Å²) in [7, 11) is 0. The number of nitrogens with zero attached hydrogens (tertiary/aromatic N) is 2. The van der Waals surface area contributed by atoms with Crippen LogP contribution in [0.15, 0.2) is 77.8 Å². The Labute approximate surface area is 162 Å². The minimum absolute atomic E-state index is 0.0715. The molecule has 0 bridgehead atoms. The van der Waals surface area contributed by atoms with Gasteiger partial charge in [-0.3, -0.25) is 11.3 Å². The van der Waals surface area contributed by atoms with Gasteiger partial charge in [-0.15, -0.1) is 0 Å². The third kappa shape index (κ3) is 4.32. The van der Waals surface area contributed by atoms with E-state index in [-0.39, 0.29) is 12.3 Å². The average molecular weight is 375 g/mol. The second-order valence-electron chi connectivity index (χ2n) is 5.67. The number of nitrogens with one attached hydrogen (secondary N) is 2. The normalized spacial score (nSPS) is 11.0. The van der Waals surface area contributed by atoms with Gasteiger partial charge < -0.3 is 4.74 Å². The van der Waals surface area contributed by atoms with E-state index in [9.17, 15) is 4.39 Å². The van der Waals surface area contributed by atoms with Crippen molar-refractivity contribution < 1.29 is 9.13 Å². The fourth-order valence-electron chi connectivity index (χ4n) is 2.74. The van der Waals surface area contributed by atoms with Crippen molar-refractivity contribution in [3.05, 3.63) is 84.2 Å². The van der Waals surface area contributed by atoms with Crippen LogP contribution in [0.25, 0.3) is 11.1 Å². The van der Waals surface area contributed by atoms with E-state index in [2.05, 4.69) is 16.0 Å². The number of hydrogen-bond acceptors (Lipinski definition) is 5. The number of aliphatic imine (C=N–C) groups is 1. The van der Waals surface area contributed by atoms with Crippen molar-refractivity contribution >= 4 is 11.5 Å². The molecule has 0 aliphatic rings. The summed E-state index contributed by atoms with van der Waals surface area (Å²) in [6.45, 7) is -0.0715. The van der Waals surface area contributed by atoms with Gasteiger partial charge in [-0.25, -0.2) is 9.38 Å². The first-order chi connectivity index (χ1) is 13.7. The molecule has 28 heavy (non-hydrogen) atoms. The zero-order valence-corrected chi connectivity index (χ0v) is 14.9. The Morgan fingerprint density at radius 3 is 2.43 bits per heavy atom. The Balaban J connectivity index is 2.13. The van der Waals surface area contributed by atoms with E-state index in [0.29, 0.717) is 17.1 Å². The van der Waals surface area contributed by atoms with Crippen LogP contribution >= 0.6 is 0 Å². The molecule has 140 valence electrons. The van der Waals surface area contributed by atoms with Crippen LogP contribution in [0.2, 0.25) is 0 Å². The molecule has 0 aliphatic carbocycles. The number of nitriles is 1. The third-order valence-electron chi connectivity index (χ3n) is 3.93. The van der Waals surface area contributed by atoms with Gasteiger partial charge in [-0.1, -0.05) is 54.6 Å². The van der Waals surface area contributed by atoms with Crippen LogP contribution in [0.1, 0.15) is 5.56 Å². The van der Waals surface area contributed by atoms with E-state index in [4.69, 9.17) is 15.8 Å². The molecular formula is C21H18FN5O. The molecule has 6 nitrogen and oxygen atoms in total. The summed E-state index contributed by atoms with van der Waals surface area (Å²) in [5, 5.41) is 8.83. The van der Waals surface area contributed by atoms with Crippen molar-refractivity contribution in [2.75, 3.05) is 6.61 Å². The van der Waals surface area contributed by atoms with Gasteiger partial charge in [-0.2, -0.15) is 10.8 Å². The zero-order valence-electron chi connectivity index (χ0n) is 14.9. The molecule has 4 N–H and O–H groups in total. The smallest absolute Gasteiger partial charge is 0.174 e. The second kappa shape index (κ2) is 9.28. The lowest BCUT2D eigenvalue weighted by Gasteiger charge is -2.16. The van der Waals surface area contributed by atoms with E-state index < -0.39 is 5.82 Å². The van der Waals surface area contributed by atoms with Gasteiger partial charge >= 0.3 is 0 Å². The molecule has 0 fully saturated rings. The number of para-hydroxylation sites is 2. The number of halogens is 1. The number of hydrazine groups is 2. The summed E-state index contributed by atoms with van der Waals surface area (Å²) in [5.41, 5.74) is 7.53. The number of ether oxygens (including phenoxy) is 1. The van der Waals surface area contributed by atoms with Crippen molar-refractivity contribution in [2.24, 2.45) is 10.8 Å². The van der Waals surface area contributed by atoms with Crippen LogP contribution < -0.4 is 21.5 Å². The molecule has 0 amide bonds. The summed E-state index contributed by atoms with van der Waals surface area (Å²) in [6.07, 6.45) is 0. The van der Waals surface area contributed by atoms with Crippen molar-refractivity contribution in [2.45, 2.75) is 0 Å². The average Bonchev–Trinajstić information content (AvgIpc) is 2.74. The lowest BCUT2D eigenvalue weighted by Crippen LogP contribution is -2.42. The minimum Gasteiger partial charge on any atom is -0.478 e. The molecule has 0 spiro atoms. The van der Waals surface area contributed by atoms with Crippen LogP contribution in [0.5, 0.6) is 5.75 Å². The molecule has 3 aromatic rings. The second-order valence-corrected chi connectivity index (χ2v) is 5.67. The Kier molecular flexibility index (Phi) is 6.31. The fourth-order valence-corrected chi connectivity index (χ4v) is 2.74. The first-order valence-electron chi connectivity index (χ1n) is 8.48. The van der Waals surface area contributed by atoms with Crippen LogP contribution in [-0.2, 0) is 0 Å². The van der Waals surface area contributed by atoms with E-state index in [1.165, 1.54) is 6.07 Å². The molecule has 0 saturated carbocycles. The standard InChI is InChI=1S/C21H18FN5O/c22-18-10-4-5-11-19(18)25-21(26-27-24)17-9-2-1-7-15(17)16-8-3-6-12-20(16)28-14-13-23/h1-12,27H,14,24H2,(H,25,26). The third-order valence-corrected chi connectivity index (χ3v) is 3.93. The molecular weight excluding hydrogens is 357 g/mol. The maximum Gasteiger partial charge on any atom is 0.174 e. The molecule has 3 rings (SSSR count). The van der Waals surface area contributed by atoms with E-state index in [1.807, 2.05) is 48.5 Å². The first kappa shape index (κ1) is 19.0. The maximum atomic E-state index is 14.1. The predicted molar refractivity (Wildman–Crippen MR) is 106 cm³/mol. The van der Waals surface area contributed by atoms with Crippen LogP contribution in [0.3, 0.4) is 0 Å². The van der Waals surface area contributed by atoms with Crippen molar-refractivity contribution in [3.8, 4) is 22.9 Å². The van der Waals surface area contributed by atoms with E-state index >= 15 is 0 Å². The van der Waals surface area contributed by atoms with Gasteiger partial charge in [0.25, 0.3) is 0 Å². The molecule has 0 unspecified atom stereocenters. The number of benzene rings is 3. The lowest BCUT2D eigenvalue weighted by atomic mass is 9.98. The SMILES string of the molecule is N#CCOc1ccccc1-c1ccccc1C(=Nc1ccccc1F)NNN. The van der Waals surface area contributed by atoms with Crippen molar-refractivity contribution in [1.82, 2.24) is 11.0 Å². The molecule has 0 aliphatic heterocycles. The summed E-state index contributed by atoms with van der Waals surface area (Å²) >= 11 is 0. The van der Waals surface area contributed by atoms with Crippen molar-refractivity contribution in [1.29, 1.82) is 5.26 Å². The van der Waals surface area contributed by atoms with E-state index in [0.717, 1.165) is 11.1 Å². The largest absolute Gasteiger partial charge is 0.478 e. The number of amidine groups is 1. The number of rotatable bonds is 6. The predicted octanol–water partition coefficient (Wildman–Crippen LogP) is 3.44. The van der Waals surface area contributed by atoms with Crippen LogP contribution in [-0.4, -0.2) is 12.4 Å². The summed E-state index contributed by atoms with van der Waals surface area (Å²) in [6, 6.07) is 23.0. The van der Waals surface area contributed by atoms with Gasteiger partial charge in [-0.05, 0) is 23.8 Å². The summed E-state index contributed by atoms with van der Waals surface area (Å²) < 4.78 is 19.6. The molecule has 3 aromatic carbocycles. The molecule has 0 atom stereocenters. The Bertz CT molecular complexity index is 1030. The molecule has 0 saturated heterocycles. The molecule has 0 aromatic heterocycles. The first-order valence-corrected chi connectivity index (χ1v) is 8.48. The highest BCUT2D eigenvalue weighted by atomic mass is 19.1. The Hall–Kier alpha value is -3.73.